The Morgan fingerprint density at radius 1 is 0.769 bits per heavy atom. The van der Waals surface area contributed by atoms with E-state index >= 15 is 0 Å². The molecule has 1 aliphatic rings. The molecule has 26 heavy (non-hydrogen) atoms. The molecular weight excluding hydrogens is 355 g/mol. The Hall–Kier alpha value is -0.430. The van der Waals surface area contributed by atoms with E-state index in [2.05, 4.69) is 0 Å². The molecular formula is C19H33F5O2. The van der Waals surface area contributed by atoms with Crippen LogP contribution < -0.4 is 0 Å². The second-order valence-electron chi connectivity index (χ2n) is 7.20. The summed E-state index contributed by atoms with van der Waals surface area (Å²) < 4.78 is 72.4. The molecule has 0 aromatic carbocycles. The average molecular weight is 388 g/mol. The fourth-order valence-electron chi connectivity index (χ4n) is 3.10. The van der Waals surface area contributed by atoms with Crippen LogP contribution >= 0.6 is 0 Å². The van der Waals surface area contributed by atoms with E-state index in [1.807, 2.05) is 0 Å². The number of hydrogen-bond donors (Lipinski definition) is 0. The molecule has 156 valence electrons. The number of unbranched alkanes of at least 4 members (excludes halogenated alkanes) is 9. The summed E-state index contributed by atoms with van der Waals surface area (Å²) in [5.74, 6) is -4.54. The fraction of sp³-hybridized carbons (Fsp3) is 1.00. The number of halogens is 5. The lowest BCUT2D eigenvalue weighted by Crippen LogP contribution is -2.36. The summed E-state index contributed by atoms with van der Waals surface area (Å²) in [5, 5.41) is 0. The van der Waals surface area contributed by atoms with Gasteiger partial charge in [-0.3, -0.25) is 0 Å². The molecule has 0 saturated carbocycles. The van der Waals surface area contributed by atoms with Gasteiger partial charge in [0.1, 0.15) is 0 Å². The van der Waals surface area contributed by atoms with Gasteiger partial charge in [0.15, 0.2) is 0 Å². The highest BCUT2D eigenvalue weighted by Crippen LogP contribution is 2.39. The smallest absolute Gasteiger partial charge is 0.379 e. The van der Waals surface area contributed by atoms with Gasteiger partial charge in [0.05, 0.1) is 12.7 Å². The molecule has 0 amide bonds. The normalized spacial score (nSPS) is 18.6. The lowest BCUT2D eigenvalue weighted by atomic mass is 10.0. The van der Waals surface area contributed by atoms with Crippen LogP contribution in [0.4, 0.5) is 22.0 Å². The lowest BCUT2D eigenvalue weighted by molar-refractivity contribution is -0.284. The molecule has 1 aliphatic heterocycles. The first-order chi connectivity index (χ1) is 12.3. The van der Waals surface area contributed by atoms with Crippen molar-refractivity contribution in [2.24, 2.45) is 0 Å². The molecule has 1 fully saturated rings. The van der Waals surface area contributed by atoms with Crippen LogP contribution in [0.3, 0.4) is 0 Å². The molecule has 1 rings (SSSR count). The third-order valence-electron chi connectivity index (χ3n) is 4.77. The van der Waals surface area contributed by atoms with Crippen molar-refractivity contribution in [1.82, 2.24) is 0 Å². The standard InChI is InChI=1S/C19H33F5O2/c20-18(21,19(22,23)24)13-9-7-5-3-1-2-4-6-8-10-14-25-16-17-12-11-15-26-17/h17H,1-16H2. The van der Waals surface area contributed by atoms with Crippen molar-refractivity contribution in [2.45, 2.75) is 102 Å². The third kappa shape index (κ3) is 10.7. The predicted octanol–water partition coefficient (Wildman–Crippen LogP) is 6.67. The van der Waals surface area contributed by atoms with Gasteiger partial charge in [0, 0.05) is 19.6 Å². The summed E-state index contributed by atoms with van der Waals surface area (Å²) in [4.78, 5) is 0. The largest absolute Gasteiger partial charge is 0.453 e. The second-order valence-corrected chi connectivity index (χ2v) is 7.20. The molecule has 1 atom stereocenters. The van der Waals surface area contributed by atoms with Gasteiger partial charge >= 0.3 is 12.1 Å². The Morgan fingerprint density at radius 2 is 1.31 bits per heavy atom. The van der Waals surface area contributed by atoms with Crippen LogP contribution in [0.15, 0.2) is 0 Å². The Bertz CT molecular complexity index is 341. The maximum atomic E-state index is 12.7. The zero-order valence-corrected chi connectivity index (χ0v) is 15.6. The van der Waals surface area contributed by atoms with Crippen LogP contribution in [0.25, 0.3) is 0 Å². The van der Waals surface area contributed by atoms with Gasteiger partial charge in [-0.15, -0.1) is 0 Å². The van der Waals surface area contributed by atoms with Crippen molar-refractivity contribution in [3.05, 3.63) is 0 Å². The fourth-order valence-corrected chi connectivity index (χ4v) is 3.10. The van der Waals surface area contributed by atoms with Crippen molar-refractivity contribution in [2.75, 3.05) is 19.8 Å². The van der Waals surface area contributed by atoms with Crippen molar-refractivity contribution in [3.8, 4) is 0 Å². The molecule has 0 N–H and O–H groups in total. The summed E-state index contributed by atoms with van der Waals surface area (Å²) in [6, 6.07) is 0. The van der Waals surface area contributed by atoms with E-state index in [1.165, 1.54) is 0 Å². The highest BCUT2D eigenvalue weighted by molar-refractivity contribution is 4.75. The van der Waals surface area contributed by atoms with Gasteiger partial charge in [0.25, 0.3) is 0 Å². The summed E-state index contributed by atoms with van der Waals surface area (Å²) in [7, 11) is 0. The van der Waals surface area contributed by atoms with Gasteiger partial charge < -0.3 is 9.47 Å². The molecule has 0 bridgehead atoms. The minimum atomic E-state index is -5.41. The van der Waals surface area contributed by atoms with E-state index in [1.54, 1.807) is 0 Å². The summed E-state index contributed by atoms with van der Waals surface area (Å²) in [5.41, 5.74) is 0. The number of rotatable bonds is 15. The minimum Gasteiger partial charge on any atom is -0.379 e. The number of hydrogen-bond acceptors (Lipinski definition) is 2. The first-order valence-corrected chi connectivity index (χ1v) is 9.97. The van der Waals surface area contributed by atoms with Crippen LogP contribution in [0, 0.1) is 0 Å². The Kier molecular flexibility index (Phi) is 11.7. The third-order valence-corrected chi connectivity index (χ3v) is 4.77. The molecule has 0 aliphatic carbocycles. The Balaban J connectivity index is 1.77. The summed E-state index contributed by atoms with van der Waals surface area (Å²) in [6.45, 7) is 2.34. The van der Waals surface area contributed by atoms with Gasteiger partial charge in [-0.25, -0.2) is 0 Å². The molecule has 0 spiro atoms. The van der Waals surface area contributed by atoms with Crippen LogP contribution in [0.1, 0.15) is 83.5 Å². The van der Waals surface area contributed by atoms with Gasteiger partial charge in [0.2, 0.25) is 0 Å². The second kappa shape index (κ2) is 12.9. The zero-order valence-electron chi connectivity index (χ0n) is 15.6. The monoisotopic (exact) mass is 388 g/mol. The Labute approximate surface area is 153 Å². The van der Waals surface area contributed by atoms with Crippen LogP contribution in [-0.4, -0.2) is 38.0 Å². The first kappa shape index (κ1) is 23.6. The number of ether oxygens (including phenoxy) is 2. The van der Waals surface area contributed by atoms with E-state index < -0.39 is 18.5 Å². The average Bonchev–Trinajstić information content (AvgIpc) is 3.07. The maximum Gasteiger partial charge on any atom is 0.453 e. The summed E-state index contributed by atoms with van der Waals surface area (Å²) >= 11 is 0. The summed E-state index contributed by atoms with van der Waals surface area (Å²) in [6.07, 6.45) is 4.61. The molecule has 0 aromatic rings. The van der Waals surface area contributed by atoms with Crippen molar-refractivity contribution in [1.29, 1.82) is 0 Å². The highest BCUT2D eigenvalue weighted by atomic mass is 19.4. The first-order valence-electron chi connectivity index (χ1n) is 9.97. The van der Waals surface area contributed by atoms with Gasteiger partial charge in [-0.1, -0.05) is 51.4 Å². The number of alkyl halides is 5. The molecule has 2 nitrogen and oxygen atoms in total. The Morgan fingerprint density at radius 3 is 1.81 bits per heavy atom. The van der Waals surface area contributed by atoms with E-state index in [0.29, 0.717) is 13.0 Å². The van der Waals surface area contributed by atoms with E-state index in [-0.39, 0.29) is 12.5 Å². The van der Waals surface area contributed by atoms with Gasteiger partial charge in [-0.05, 0) is 25.7 Å². The minimum absolute atomic E-state index is 0.0710. The molecule has 1 unspecified atom stereocenters. The molecule has 1 saturated heterocycles. The van der Waals surface area contributed by atoms with Gasteiger partial charge in [-0.2, -0.15) is 22.0 Å². The maximum absolute atomic E-state index is 12.7. The lowest BCUT2D eigenvalue weighted by Gasteiger charge is -2.19. The highest BCUT2D eigenvalue weighted by Gasteiger charge is 2.56. The van der Waals surface area contributed by atoms with E-state index in [0.717, 1.165) is 77.4 Å². The van der Waals surface area contributed by atoms with Crippen molar-refractivity contribution < 1.29 is 31.4 Å². The molecule has 0 aromatic heterocycles. The van der Waals surface area contributed by atoms with E-state index in [9.17, 15) is 22.0 Å². The topological polar surface area (TPSA) is 18.5 Å². The molecule has 0 radical (unpaired) electrons. The van der Waals surface area contributed by atoms with E-state index in [4.69, 9.17) is 9.47 Å². The molecule has 7 heteroatoms. The predicted molar refractivity (Wildman–Crippen MR) is 91.6 cm³/mol. The zero-order chi connectivity index (χ0) is 19.3. The van der Waals surface area contributed by atoms with Crippen molar-refractivity contribution >= 4 is 0 Å². The quantitative estimate of drug-likeness (QED) is 0.230. The van der Waals surface area contributed by atoms with Crippen molar-refractivity contribution in [3.63, 3.8) is 0 Å². The SMILES string of the molecule is FC(F)(F)C(F)(F)CCCCCCCCCCCCOCC1CCCO1. The van der Waals surface area contributed by atoms with Crippen LogP contribution in [0.2, 0.25) is 0 Å². The van der Waals surface area contributed by atoms with Crippen LogP contribution in [-0.2, 0) is 9.47 Å². The molecule has 1 heterocycles. The van der Waals surface area contributed by atoms with Crippen LogP contribution in [0.5, 0.6) is 0 Å².